The Morgan fingerprint density at radius 2 is 1.91 bits per heavy atom. The summed E-state index contributed by atoms with van der Waals surface area (Å²) in [4.78, 5) is 0. The monoisotopic (exact) mass is 337 g/mol. The fraction of sp³-hybridized carbons (Fsp3) is 0.333. The van der Waals surface area contributed by atoms with Gasteiger partial charge in [0.15, 0.2) is 0 Å². The first kappa shape index (κ1) is 17.7. The number of aliphatic hydroxyl groups excluding tert-OH is 1. The quantitative estimate of drug-likeness (QED) is 0.804. The van der Waals surface area contributed by atoms with E-state index in [1.807, 2.05) is 13.8 Å². The highest BCUT2D eigenvalue weighted by Gasteiger charge is 2.16. The van der Waals surface area contributed by atoms with Gasteiger partial charge in [-0.3, -0.25) is 0 Å². The molecule has 2 aromatic rings. The average Bonchev–Trinajstić information content (AvgIpc) is 2.53. The van der Waals surface area contributed by atoms with Crippen molar-refractivity contribution in [3.8, 4) is 5.75 Å². The molecule has 0 aliphatic carbocycles. The van der Waals surface area contributed by atoms with Crippen LogP contribution in [0.3, 0.4) is 0 Å². The van der Waals surface area contributed by atoms with Crippen molar-refractivity contribution in [3.63, 3.8) is 0 Å². The van der Waals surface area contributed by atoms with Crippen LogP contribution in [0.1, 0.15) is 25.0 Å². The normalized spacial score (nSPS) is 11.5. The zero-order valence-corrected chi connectivity index (χ0v) is 14.0. The highest BCUT2D eigenvalue weighted by Crippen LogP contribution is 2.24. The maximum Gasteiger partial charge on any atom is 0.129 e. The highest BCUT2D eigenvalue weighted by atomic mass is 35.5. The number of hydrogen-bond acceptors (Lipinski definition) is 3. The van der Waals surface area contributed by atoms with E-state index in [-0.39, 0.29) is 19.0 Å². The summed E-state index contributed by atoms with van der Waals surface area (Å²) in [5.41, 5.74) is 0.943. The molecular weight excluding hydrogens is 317 g/mol. The zero-order valence-electron chi connectivity index (χ0n) is 13.3. The van der Waals surface area contributed by atoms with Crippen LogP contribution in [0, 0.1) is 5.82 Å². The molecule has 0 atom stereocenters. The Bertz CT molecular complexity index is 661. The third kappa shape index (κ3) is 5.20. The fourth-order valence-corrected chi connectivity index (χ4v) is 2.18. The maximum absolute atomic E-state index is 13.7. The molecule has 0 aliphatic rings. The molecule has 0 radical (unpaired) electrons. The second-order valence-electron chi connectivity index (χ2n) is 6.03. The number of hydrogen-bond donors (Lipinski definition) is 2. The van der Waals surface area contributed by atoms with Gasteiger partial charge < -0.3 is 15.2 Å². The largest absolute Gasteiger partial charge is 0.488 e. The summed E-state index contributed by atoms with van der Waals surface area (Å²) in [6.07, 6.45) is 0. The molecule has 124 valence electrons. The first-order valence-corrected chi connectivity index (χ1v) is 7.79. The molecule has 3 nitrogen and oxygen atoms in total. The molecule has 0 saturated heterocycles. The van der Waals surface area contributed by atoms with E-state index in [1.165, 1.54) is 6.07 Å². The molecule has 0 heterocycles. The topological polar surface area (TPSA) is 41.5 Å². The van der Waals surface area contributed by atoms with Gasteiger partial charge in [-0.05, 0) is 38.1 Å². The predicted octanol–water partition coefficient (Wildman–Crippen LogP) is 3.92. The number of nitrogens with one attached hydrogen (secondary N) is 1. The van der Waals surface area contributed by atoms with E-state index in [0.29, 0.717) is 22.9 Å². The molecule has 0 bridgehead atoms. The molecule has 0 amide bonds. The number of aliphatic hydroxyl groups is 1. The van der Waals surface area contributed by atoms with Gasteiger partial charge >= 0.3 is 0 Å². The van der Waals surface area contributed by atoms with Crippen molar-refractivity contribution >= 4 is 11.6 Å². The summed E-state index contributed by atoms with van der Waals surface area (Å²) < 4.78 is 19.4. The van der Waals surface area contributed by atoms with Gasteiger partial charge in [0.25, 0.3) is 0 Å². The van der Waals surface area contributed by atoms with Crippen LogP contribution in [0.15, 0.2) is 42.5 Å². The first-order valence-electron chi connectivity index (χ1n) is 7.42. The third-order valence-corrected chi connectivity index (χ3v) is 3.75. The number of benzene rings is 2. The van der Waals surface area contributed by atoms with Crippen LogP contribution in [0.4, 0.5) is 4.39 Å². The second-order valence-corrected chi connectivity index (χ2v) is 6.46. The van der Waals surface area contributed by atoms with Crippen molar-refractivity contribution in [1.82, 2.24) is 5.32 Å². The van der Waals surface area contributed by atoms with Gasteiger partial charge in [-0.2, -0.15) is 0 Å². The lowest BCUT2D eigenvalue weighted by Gasteiger charge is -2.24. The van der Waals surface area contributed by atoms with Gasteiger partial charge in [-0.15, -0.1) is 0 Å². The van der Waals surface area contributed by atoms with Crippen molar-refractivity contribution < 1.29 is 14.2 Å². The molecule has 2 rings (SSSR count). The summed E-state index contributed by atoms with van der Waals surface area (Å²) in [5.74, 6) is 0.349. The summed E-state index contributed by atoms with van der Waals surface area (Å²) in [7, 11) is 0. The van der Waals surface area contributed by atoms with Gasteiger partial charge in [-0.1, -0.05) is 29.8 Å². The Balaban J connectivity index is 2.10. The van der Waals surface area contributed by atoms with E-state index in [4.69, 9.17) is 16.3 Å². The van der Waals surface area contributed by atoms with Crippen LogP contribution in [0.25, 0.3) is 0 Å². The van der Waals surface area contributed by atoms with Gasteiger partial charge in [0.1, 0.15) is 18.2 Å². The smallest absolute Gasteiger partial charge is 0.129 e. The molecule has 0 saturated carbocycles. The first-order chi connectivity index (χ1) is 10.9. The molecule has 23 heavy (non-hydrogen) atoms. The van der Waals surface area contributed by atoms with Crippen LogP contribution >= 0.6 is 11.6 Å². The Labute approximate surface area is 141 Å². The molecule has 0 aromatic heterocycles. The van der Waals surface area contributed by atoms with Crippen molar-refractivity contribution in [3.05, 3.63) is 64.4 Å². The van der Waals surface area contributed by atoms with Crippen LogP contribution in [0.5, 0.6) is 5.75 Å². The van der Waals surface area contributed by atoms with Crippen molar-refractivity contribution in [1.29, 1.82) is 0 Å². The number of halogens is 2. The van der Waals surface area contributed by atoms with Crippen molar-refractivity contribution in [2.45, 2.75) is 32.5 Å². The molecule has 0 aliphatic heterocycles. The van der Waals surface area contributed by atoms with E-state index in [9.17, 15) is 9.50 Å². The summed E-state index contributed by atoms with van der Waals surface area (Å²) in [6.45, 7) is 4.44. The Morgan fingerprint density at radius 3 is 2.61 bits per heavy atom. The Hall–Kier alpha value is -1.62. The highest BCUT2D eigenvalue weighted by molar-refractivity contribution is 6.30. The lowest BCUT2D eigenvalue weighted by Crippen LogP contribution is -2.42. The van der Waals surface area contributed by atoms with Crippen LogP contribution in [-0.2, 0) is 13.2 Å². The third-order valence-electron chi connectivity index (χ3n) is 3.52. The molecule has 0 spiro atoms. The maximum atomic E-state index is 13.7. The summed E-state index contributed by atoms with van der Waals surface area (Å²) in [5, 5.41) is 13.2. The standard InChI is InChI=1S/C18H21ClFNO2/c1-18(2,12-22)21-10-14-9-15(19)7-8-17(14)23-11-13-5-3-4-6-16(13)20/h3-9,21-22H,10-12H2,1-2H3. The fourth-order valence-electron chi connectivity index (χ4n) is 1.99. The van der Waals surface area contributed by atoms with Crippen LogP contribution in [-0.4, -0.2) is 17.3 Å². The van der Waals surface area contributed by atoms with Gasteiger partial charge in [-0.25, -0.2) is 4.39 Å². The SMILES string of the molecule is CC(C)(CO)NCc1cc(Cl)ccc1OCc1ccccc1F. The van der Waals surface area contributed by atoms with E-state index >= 15 is 0 Å². The van der Waals surface area contributed by atoms with E-state index < -0.39 is 5.54 Å². The van der Waals surface area contributed by atoms with Crippen molar-refractivity contribution in [2.75, 3.05) is 6.61 Å². The molecule has 2 aromatic carbocycles. The molecule has 5 heteroatoms. The summed E-state index contributed by atoms with van der Waals surface area (Å²) in [6, 6.07) is 11.8. The van der Waals surface area contributed by atoms with Gasteiger partial charge in [0.05, 0.1) is 6.61 Å². The van der Waals surface area contributed by atoms with Gasteiger partial charge in [0, 0.05) is 28.2 Å². The Kier molecular flexibility index (Phi) is 5.99. The number of ether oxygens (including phenoxy) is 1. The average molecular weight is 338 g/mol. The molecular formula is C18H21ClFNO2. The van der Waals surface area contributed by atoms with Crippen molar-refractivity contribution in [2.24, 2.45) is 0 Å². The molecule has 0 unspecified atom stereocenters. The van der Waals surface area contributed by atoms with Crippen LogP contribution < -0.4 is 10.1 Å². The minimum absolute atomic E-state index is 0.0129. The lowest BCUT2D eigenvalue weighted by atomic mass is 10.1. The summed E-state index contributed by atoms with van der Waals surface area (Å²) >= 11 is 6.05. The second kappa shape index (κ2) is 7.77. The molecule has 2 N–H and O–H groups in total. The van der Waals surface area contributed by atoms with E-state index in [2.05, 4.69) is 5.32 Å². The van der Waals surface area contributed by atoms with E-state index in [0.717, 1.165) is 5.56 Å². The van der Waals surface area contributed by atoms with Gasteiger partial charge in [0.2, 0.25) is 0 Å². The predicted molar refractivity (Wildman–Crippen MR) is 90.2 cm³/mol. The van der Waals surface area contributed by atoms with E-state index in [1.54, 1.807) is 36.4 Å². The Morgan fingerprint density at radius 1 is 1.17 bits per heavy atom. The lowest BCUT2D eigenvalue weighted by molar-refractivity contribution is 0.186. The number of rotatable bonds is 7. The minimum Gasteiger partial charge on any atom is -0.488 e. The molecule has 0 fully saturated rings. The minimum atomic E-state index is -0.412. The van der Waals surface area contributed by atoms with Crippen LogP contribution in [0.2, 0.25) is 5.02 Å². The zero-order chi connectivity index (χ0) is 16.9.